The number of aromatic amines is 1. The number of thiazole rings is 1. The molecule has 0 aromatic carbocycles. The van der Waals surface area contributed by atoms with Crippen molar-refractivity contribution in [2.75, 3.05) is 0 Å². The highest BCUT2D eigenvalue weighted by atomic mass is 32.1. The van der Waals surface area contributed by atoms with Gasteiger partial charge >= 0.3 is 0 Å². The molecule has 0 fully saturated rings. The van der Waals surface area contributed by atoms with Gasteiger partial charge in [-0.15, -0.1) is 11.3 Å². The smallest absolute Gasteiger partial charge is 0.252 e. The van der Waals surface area contributed by atoms with Crippen LogP contribution in [0.5, 0.6) is 5.75 Å². The second-order valence-electron chi connectivity index (χ2n) is 2.86. The molecule has 14 heavy (non-hydrogen) atoms. The van der Waals surface area contributed by atoms with Crippen molar-refractivity contribution < 1.29 is 5.11 Å². The summed E-state index contributed by atoms with van der Waals surface area (Å²) < 4.78 is 0. The van der Waals surface area contributed by atoms with Gasteiger partial charge in [-0.05, 0) is 6.92 Å². The summed E-state index contributed by atoms with van der Waals surface area (Å²) in [7, 11) is 0. The first-order valence-electron chi connectivity index (χ1n) is 4.01. The van der Waals surface area contributed by atoms with E-state index in [9.17, 15) is 9.90 Å². The van der Waals surface area contributed by atoms with Crippen molar-refractivity contribution in [3.05, 3.63) is 33.7 Å². The predicted octanol–water partition coefficient (Wildman–Crippen LogP) is 1.51. The molecule has 0 aliphatic carbocycles. The molecule has 0 unspecified atom stereocenters. The molecule has 0 amide bonds. The van der Waals surface area contributed by atoms with Crippen molar-refractivity contribution in [2.24, 2.45) is 0 Å². The van der Waals surface area contributed by atoms with E-state index < -0.39 is 0 Å². The summed E-state index contributed by atoms with van der Waals surface area (Å²) >= 11 is 1.47. The van der Waals surface area contributed by atoms with E-state index in [1.165, 1.54) is 17.4 Å². The highest BCUT2D eigenvalue weighted by molar-refractivity contribution is 7.15. The molecule has 2 N–H and O–H groups in total. The zero-order valence-corrected chi connectivity index (χ0v) is 8.26. The lowest BCUT2D eigenvalue weighted by molar-refractivity contribution is 0.474. The van der Waals surface area contributed by atoms with Gasteiger partial charge in [0, 0.05) is 18.3 Å². The summed E-state index contributed by atoms with van der Waals surface area (Å²) in [5, 5.41) is 10.1. The van der Waals surface area contributed by atoms with Gasteiger partial charge in [0.2, 0.25) is 0 Å². The second kappa shape index (κ2) is 3.26. The predicted molar refractivity (Wildman–Crippen MR) is 54.6 cm³/mol. The van der Waals surface area contributed by atoms with E-state index >= 15 is 0 Å². The first kappa shape index (κ1) is 8.96. The molecule has 2 heterocycles. The van der Waals surface area contributed by atoms with Crippen LogP contribution in [0.15, 0.2) is 23.1 Å². The molecule has 4 nitrogen and oxygen atoms in total. The molecule has 0 atom stereocenters. The van der Waals surface area contributed by atoms with Crippen molar-refractivity contribution in [2.45, 2.75) is 6.92 Å². The third kappa shape index (κ3) is 1.67. The van der Waals surface area contributed by atoms with Crippen LogP contribution in [0.2, 0.25) is 0 Å². The Labute approximate surface area is 83.9 Å². The van der Waals surface area contributed by atoms with Crippen molar-refractivity contribution >= 4 is 11.3 Å². The van der Waals surface area contributed by atoms with Crippen LogP contribution in [-0.4, -0.2) is 15.1 Å². The fourth-order valence-corrected chi connectivity index (χ4v) is 1.90. The first-order chi connectivity index (χ1) is 6.65. The van der Waals surface area contributed by atoms with Gasteiger partial charge < -0.3 is 10.1 Å². The number of pyridine rings is 1. The largest absolute Gasteiger partial charge is 0.508 e. The molecule has 0 spiro atoms. The molecular weight excluding hydrogens is 200 g/mol. The quantitative estimate of drug-likeness (QED) is 0.746. The van der Waals surface area contributed by atoms with Crippen LogP contribution in [-0.2, 0) is 0 Å². The monoisotopic (exact) mass is 208 g/mol. The maximum atomic E-state index is 11.1. The Morgan fingerprint density at radius 1 is 1.50 bits per heavy atom. The second-order valence-corrected chi connectivity index (χ2v) is 4.09. The Hall–Kier alpha value is -1.62. The summed E-state index contributed by atoms with van der Waals surface area (Å²) in [6.07, 6.45) is 1.67. The van der Waals surface area contributed by atoms with Gasteiger partial charge in [0.15, 0.2) is 0 Å². The number of aromatic nitrogens is 2. The van der Waals surface area contributed by atoms with E-state index in [1.807, 2.05) is 6.92 Å². The van der Waals surface area contributed by atoms with Crippen molar-refractivity contribution in [3.63, 3.8) is 0 Å². The number of aryl methyl sites for hydroxylation is 1. The minimum atomic E-state index is -0.314. The zero-order chi connectivity index (χ0) is 10.1. The molecule has 0 aliphatic heterocycles. The average molecular weight is 208 g/mol. The van der Waals surface area contributed by atoms with E-state index in [0.717, 1.165) is 16.0 Å². The summed E-state index contributed by atoms with van der Waals surface area (Å²) in [6, 6.07) is 2.64. The molecular formula is C9H8N2O2S. The Kier molecular flexibility index (Phi) is 2.09. The Morgan fingerprint density at radius 3 is 2.86 bits per heavy atom. The molecule has 0 bridgehead atoms. The van der Waals surface area contributed by atoms with E-state index in [-0.39, 0.29) is 11.3 Å². The van der Waals surface area contributed by atoms with E-state index in [0.29, 0.717) is 5.69 Å². The van der Waals surface area contributed by atoms with Crippen molar-refractivity contribution in [1.29, 1.82) is 0 Å². The number of hydrogen-bond acceptors (Lipinski definition) is 4. The van der Waals surface area contributed by atoms with E-state index in [4.69, 9.17) is 0 Å². The maximum Gasteiger partial charge on any atom is 0.252 e. The van der Waals surface area contributed by atoms with Gasteiger partial charge in [0.05, 0.1) is 15.6 Å². The molecule has 0 aliphatic rings. The molecule has 5 heteroatoms. The van der Waals surface area contributed by atoms with Crippen LogP contribution in [0.25, 0.3) is 10.6 Å². The fourth-order valence-electron chi connectivity index (χ4n) is 1.15. The lowest BCUT2D eigenvalue weighted by Gasteiger charge is -1.96. The lowest BCUT2D eigenvalue weighted by Crippen LogP contribution is -2.03. The van der Waals surface area contributed by atoms with Gasteiger partial charge in [0.25, 0.3) is 5.56 Å². The molecule has 2 aromatic rings. The summed E-state index contributed by atoms with van der Waals surface area (Å²) in [5.41, 5.74) is 0.284. The SMILES string of the molecule is Cc1ncc(-c2cc(O)cc(=O)[nH]2)s1. The standard InChI is InChI=1S/C9H8N2O2S/c1-5-10-4-8(14-5)7-2-6(12)3-9(13)11-7/h2-4H,1H3,(H2,11,12,13). The Morgan fingerprint density at radius 2 is 2.29 bits per heavy atom. The van der Waals surface area contributed by atoms with Gasteiger partial charge in [-0.1, -0.05) is 0 Å². The van der Waals surface area contributed by atoms with Crippen LogP contribution >= 0.6 is 11.3 Å². The number of nitrogens with zero attached hydrogens (tertiary/aromatic N) is 1. The first-order valence-corrected chi connectivity index (χ1v) is 4.83. The Balaban J connectivity index is 2.56. The van der Waals surface area contributed by atoms with Gasteiger partial charge in [-0.25, -0.2) is 4.98 Å². The van der Waals surface area contributed by atoms with Crippen molar-refractivity contribution in [3.8, 4) is 16.3 Å². The molecule has 72 valence electrons. The van der Waals surface area contributed by atoms with Gasteiger partial charge in [-0.2, -0.15) is 0 Å². The third-order valence-electron chi connectivity index (χ3n) is 1.72. The summed E-state index contributed by atoms with van der Waals surface area (Å²) in [6.45, 7) is 1.88. The molecule has 2 aromatic heterocycles. The van der Waals surface area contributed by atoms with Crippen LogP contribution in [0.1, 0.15) is 5.01 Å². The number of hydrogen-bond donors (Lipinski definition) is 2. The number of rotatable bonds is 1. The normalized spacial score (nSPS) is 10.4. The third-order valence-corrected chi connectivity index (χ3v) is 2.66. The summed E-state index contributed by atoms with van der Waals surface area (Å²) in [5.74, 6) is -0.0326. The number of H-pyrrole nitrogens is 1. The van der Waals surface area contributed by atoms with Crippen molar-refractivity contribution in [1.82, 2.24) is 9.97 Å². The average Bonchev–Trinajstić information content (AvgIpc) is 2.50. The number of nitrogens with one attached hydrogen (secondary N) is 1. The van der Waals surface area contributed by atoms with Crippen LogP contribution in [0.4, 0.5) is 0 Å². The minimum absolute atomic E-state index is 0.0326. The van der Waals surface area contributed by atoms with E-state index in [1.54, 1.807) is 6.20 Å². The van der Waals surface area contributed by atoms with Crippen LogP contribution < -0.4 is 5.56 Å². The Bertz CT molecular complexity index is 516. The van der Waals surface area contributed by atoms with E-state index in [2.05, 4.69) is 9.97 Å². The molecule has 0 saturated carbocycles. The van der Waals surface area contributed by atoms with Crippen LogP contribution in [0.3, 0.4) is 0 Å². The number of aromatic hydroxyl groups is 1. The molecule has 0 saturated heterocycles. The maximum absolute atomic E-state index is 11.1. The lowest BCUT2D eigenvalue weighted by atomic mass is 10.3. The fraction of sp³-hybridized carbons (Fsp3) is 0.111. The van der Waals surface area contributed by atoms with Crippen LogP contribution in [0, 0.1) is 6.92 Å². The minimum Gasteiger partial charge on any atom is -0.508 e. The highest BCUT2D eigenvalue weighted by Crippen LogP contribution is 2.24. The van der Waals surface area contributed by atoms with Gasteiger partial charge in [0.1, 0.15) is 5.75 Å². The highest BCUT2D eigenvalue weighted by Gasteiger charge is 2.04. The molecule has 0 radical (unpaired) electrons. The zero-order valence-electron chi connectivity index (χ0n) is 7.44. The molecule has 2 rings (SSSR count). The van der Waals surface area contributed by atoms with Gasteiger partial charge in [-0.3, -0.25) is 4.79 Å². The summed E-state index contributed by atoms with van der Waals surface area (Å²) in [4.78, 5) is 18.6. The topological polar surface area (TPSA) is 66.0 Å².